The van der Waals surface area contributed by atoms with Gasteiger partial charge in [0.05, 0.1) is 11.3 Å². The minimum atomic E-state index is -4.64. The van der Waals surface area contributed by atoms with Gasteiger partial charge in [-0.25, -0.2) is 4.98 Å². The minimum absolute atomic E-state index is 0.0229. The first-order valence-electron chi connectivity index (χ1n) is 5.88. The van der Waals surface area contributed by atoms with Crippen LogP contribution in [0.4, 0.5) is 18.9 Å². The Morgan fingerprint density at radius 1 is 1.45 bits per heavy atom. The SMILES string of the molecule is Cc1cc(C(F)(F)F)c2c(N)c(C(=O)NCC(=O)O)sc2n1. The molecule has 118 valence electrons. The molecular weight excluding hydrogens is 323 g/mol. The van der Waals surface area contributed by atoms with E-state index in [0.717, 1.165) is 6.07 Å². The number of pyridine rings is 1. The number of hydrogen-bond acceptors (Lipinski definition) is 5. The molecule has 0 aliphatic heterocycles. The summed E-state index contributed by atoms with van der Waals surface area (Å²) < 4.78 is 39.3. The van der Waals surface area contributed by atoms with Crippen LogP contribution in [-0.4, -0.2) is 28.5 Å². The average Bonchev–Trinajstić information content (AvgIpc) is 2.71. The van der Waals surface area contributed by atoms with E-state index >= 15 is 0 Å². The second-order valence-corrected chi connectivity index (χ2v) is 5.41. The van der Waals surface area contributed by atoms with Crippen molar-refractivity contribution in [1.29, 1.82) is 0 Å². The lowest BCUT2D eigenvalue weighted by atomic mass is 10.1. The van der Waals surface area contributed by atoms with Crippen LogP contribution in [0, 0.1) is 6.92 Å². The third-order valence-corrected chi connectivity index (χ3v) is 3.84. The number of carboxylic acid groups (broad SMARTS) is 1. The summed E-state index contributed by atoms with van der Waals surface area (Å²) in [6, 6.07) is 0.852. The maximum atomic E-state index is 13.1. The van der Waals surface area contributed by atoms with Crippen molar-refractivity contribution in [3.63, 3.8) is 0 Å². The number of aryl methyl sites for hydroxylation is 1. The van der Waals surface area contributed by atoms with Crippen LogP contribution < -0.4 is 11.1 Å². The molecule has 10 heteroatoms. The maximum Gasteiger partial charge on any atom is 0.417 e. The maximum absolute atomic E-state index is 13.1. The van der Waals surface area contributed by atoms with Gasteiger partial charge in [0, 0.05) is 11.1 Å². The first kappa shape index (κ1) is 16.0. The third-order valence-electron chi connectivity index (χ3n) is 2.74. The van der Waals surface area contributed by atoms with Crippen LogP contribution >= 0.6 is 11.3 Å². The van der Waals surface area contributed by atoms with Gasteiger partial charge in [-0.2, -0.15) is 13.2 Å². The van der Waals surface area contributed by atoms with Gasteiger partial charge in [0.1, 0.15) is 16.3 Å². The van der Waals surface area contributed by atoms with Crippen molar-refractivity contribution in [1.82, 2.24) is 10.3 Å². The van der Waals surface area contributed by atoms with E-state index in [0.29, 0.717) is 11.3 Å². The fraction of sp³-hybridized carbons (Fsp3) is 0.250. The van der Waals surface area contributed by atoms with Crippen molar-refractivity contribution < 1.29 is 27.9 Å². The number of halogens is 3. The minimum Gasteiger partial charge on any atom is -0.480 e. The molecule has 6 nitrogen and oxygen atoms in total. The van der Waals surface area contributed by atoms with Gasteiger partial charge >= 0.3 is 12.1 Å². The molecule has 0 aliphatic rings. The Bertz CT molecular complexity index is 770. The number of fused-ring (bicyclic) bond motifs is 1. The summed E-state index contributed by atoms with van der Waals surface area (Å²) in [5, 5.41) is 10.2. The topological polar surface area (TPSA) is 105 Å². The van der Waals surface area contributed by atoms with Gasteiger partial charge in [-0.3, -0.25) is 9.59 Å². The second-order valence-electron chi connectivity index (χ2n) is 4.41. The first-order valence-corrected chi connectivity index (χ1v) is 6.69. The Hall–Kier alpha value is -2.36. The zero-order chi connectivity index (χ0) is 16.7. The number of alkyl halides is 3. The number of carbonyl (C=O) groups excluding carboxylic acids is 1. The van der Waals surface area contributed by atoms with Crippen LogP contribution in [0.1, 0.15) is 20.9 Å². The lowest BCUT2D eigenvalue weighted by Crippen LogP contribution is -2.29. The zero-order valence-electron chi connectivity index (χ0n) is 11.1. The Balaban J connectivity index is 2.58. The number of aromatic nitrogens is 1. The van der Waals surface area contributed by atoms with E-state index in [-0.39, 0.29) is 26.5 Å². The summed E-state index contributed by atoms with van der Waals surface area (Å²) in [5.41, 5.74) is 4.46. The van der Waals surface area contributed by atoms with E-state index in [1.54, 1.807) is 0 Å². The molecule has 2 aromatic rings. The molecule has 1 amide bonds. The van der Waals surface area contributed by atoms with E-state index in [1.807, 2.05) is 0 Å². The molecule has 0 aromatic carbocycles. The lowest BCUT2D eigenvalue weighted by molar-refractivity contribution is -0.137. The van der Waals surface area contributed by atoms with Crippen LogP contribution in [-0.2, 0) is 11.0 Å². The predicted molar refractivity (Wildman–Crippen MR) is 73.7 cm³/mol. The van der Waals surface area contributed by atoms with Crippen molar-refractivity contribution in [3.05, 3.63) is 22.2 Å². The molecule has 0 saturated carbocycles. The highest BCUT2D eigenvalue weighted by atomic mass is 32.1. The molecule has 0 fully saturated rings. The van der Waals surface area contributed by atoms with Gasteiger partial charge in [-0.05, 0) is 13.0 Å². The summed E-state index contributed by atoms with van der Waals surface area (Å²) >= 11 is 0.687. The summed E-state index contributed by atoms with van der Waals surface area (Å²) in [6.07, 6.45) is -4.64. The molecule has 2 rings (SSSR count). The highest BCUT2D eigenvalue weighted by Crippen LogP contribution is 2.41. The number of hydrogen-bond donors (Lipinski definition) is 3. The molecule has 0 aliphatic carbocycles. The van der Waals surface area contributed by atoms with Crippen molar-refractivity contribution in [2.75, 3.05) is 12.3 Å². The van der Waals surface area contributed by atoms with Gasteiger partial charge in [0.15, 0.2) is 0 Å². The number of rotatable bonds is 3. The normalized spacial score (nSPS) is 11.6. The summed E-state index contributed by atoms with van der Waals surface area (Å²) in [6.45, 7) is 0.736. The molecular formula is C12H10F3N3O3S. The number of thiophene rings is 1. The van der Waals surface area contributed by atoms with Crippen LogP contribution in [0.5, 0.6) is 0 Å². The van der Waals surface area contributed by atoms with Gasteiger partial charge in [-0.1, -0.05) is 0 Å². The molecule has 0 spiro atoms. The molecule has 0 radical (unpaired) electrons. The number of nitrogens with one attached hydrogen (secondary N) is 1. The Labute approximate surface area is 125 Å². The monoisotopic (exact) mass is 333 g/mol. The molecule has 0 atom stereocenters. The van der Waals surface area contributed by atoms with E-state index in [1.165, 1.54) is 6.92 Å². The summed E-state index contributed by atoms with van der Waals surface area (Å²) in [7, 11) is 0. The van der Waals surface area contributed by atoms with Crippen molar-refractivity contribution in [2.45, 2.75) is 13.1 Å². The van der Waals surface area contributed by atoms with Gasteiger partial charge in [-0.15, -0.1) is 11.3 Å². The highest BCUT2D eigenvalue weighted by Gasteiger charge is 2.35. The molecule has 0 bridgehead atoms. The van der Waals surface area contributed by atoms with Crippen LogP contribution in [0.3, 0.4) is 0 Å². The number of nitrogens with zero attached hydrogens (tertiary/aromatic N) is 1. The van der Waals surface area contributed by atoms with Crippen LogP contribution in [0.2, 0.25) is 0 Å². The Kier molecular flexibility index (Phi) is 3.96. The fourth-order valence-corrected chi connectivity index (χ4v) is 2.95. The molecule has 0 saturated heterocycles. The number of anilines is 1. The van der Waals surface area contributed by atoms with E-state index < -0.39 is 30.2 Å². The number of nitrogens with two attached hydrogens (primary N) is 1. The average molecular weight is 333 g/mol. The Morgan fingerprint density at radius 3 is 2.64 bits per heavy atom. The van der Waals surface area contributed by atoms with Crippen molar-refractivity contribution >= 4 is 39.1 Å². The first-order chi connectivity index (χ1) is 10.1. The fourth-order valence-electron chi connectivity index (χ4n) is 1.87. The van der Waals surface area contributed by atoms with Crippen LogP contribution in [0.15, 0.2) is 6.07 Å². The number of carbonyl (C=O) groups is 2. The lowest BCUT2D eigenvalue weighted by Gasteiger charge is -2.09. The molecule has 2 heterocycles. The Morgan fingerprint density at radius 2 is 2.09 bits per heavy atom. The number of amides is 1. The molecule has 0 unspecified atom stereocenters. The van der Waals surface area contributed by atoms with Crippen molar-refractivity contribution in [3.8, 4) is 0 Å². The number of carboxylic acids is 1. The van der Waals surface area contributed by atoms with Gasteiger partial charge in [0.2, 0.25) is 0 Å². The van der Waals surface area contributed by atoms with Crippen molar-refractivity contribution in [2.24, 2.45) is 0 Å². The number of nitrogen functional groups attached to an aromatic ring is 1. The predicted octanol–water partition coefficient (Wildman–Crippen LogP) is 2.02. The molecule has 22 heavy (non-hydrogen) atoms. The van der Waals surface area contributed by atoms with E-state index in [4.69, 9.17) is 10.8 Å². The summed E-state index contributed by atoms with van der Waals surface area (Å²) in [5.74, 6) is -2.13. The highest BCUT2D eigenvalue weighted by molar-refractivity contribution is 7.21. The largest absolute Gasteiger partial charge is 0.480 e. The smallest absolute Gasteiger partial charge is 0.417 e. The molecule has 2 aromatic heterocycles. The summed E-state index contributed by atoms with van der Waals surface area (Å²) in [4.78, 5) is 26.0. The quantitative estimate of drug-likeness (QED) is 0.797. The zero-order valence-corrected chi connectivity index (χ0v) is 11.9. The van der Waals surface area contributed by atoms with Crippen LogP contribution in [0.25, 0.3) is 10.2 Å². The van der Waals surface area contributed by atoms with Gasteiger partial charge in [0.25, 0.3) is 5.91 Å². The van der Waals surface area contributed by atoms with E-state index in [9.17, 15) is 22.8 Å². The second kappa shape index (κ2) is 5.44. The third kappa shape index (κ3) is 2.96. The standard InChI is InChI=1S/C12H10F3N3O3S/c1-4-2-5(12(13,14)15)7-8(16)9(22-11(7)18-4)10(21)17-3-6(19)20/h2H,3,16H2,1H3,(H,17,21)(H,19,20). The molecule has 4 N–H and O–H groups in total. The van der Waals surface area contributed by atoms with Gasteiger partial charge < -0.3 is 16.2 Å². The number of aliphatic carboxylic acids is 1. The van der Waals surface area contributed by atoms with E-state index in [2.05, 4.69) is 10.3 Å².